The summed E-state index contributed by atoms with van der Waals surface area (Å²) >= 11 is 0. The van der Waals surface area contributed by atoms with Crippen LogP contribution in [-0.2, 0) is 16.6 Å². The molecule has 0 amide bonds. The van der Waals surface area contributed by atoms with Crippen LogP contribution in [0.1, 0.15) is 17.7 Å². The molecular weight excluding hydrogens is 392 g/mol. The van der Waals surface area contributed by atoms with Crippen LogP contribution in [0.5, 0.6) is 0 Å². The SMILES string of the molecule is Cc1cc(NCc2cccc(N3CCCS3(=O)=O)c2)c2cc([N+](=O)[O-])ccc2n1. The van der Waals surface area contributed by atoms with Crippen molar-refractivity contribution in [2.75, 3.05) is 21.9 Å². The second kappa shape index (κ2) is 7.32. The summed E-state index contributed by atoms with van der Waals surface area (Å²) in [7, 11) is -3.23. The number of rotatable bonds is 5. The number of aryl methyl sites for hydroxylation is 1. The van der Waals surface area contributed by atoms with E-state index < -0.39 is 14.9 Å². The Balaban J connectivity index is 1.62. The lowest BCUT2D eigenvalue weighted by Crippen LogP contribution is -2.25. The molecule has 0 bridgehead atoms. The molecule has 1 saturated heterocycles. The highest BCUT2D eigenvalue weighted by atomic mass is 32.2. The monoisotopic (exact) mass is 412 g/mol. The lowest BCUT2D eigenvalue weighted by Gasteiger charge is -2.18. The summed E-state index contributed by atoms with van der Waals surface area (Å²) in [6.45, 7) is 2.81. The molecular formula is C20H20N4O4S. The van der Waals surface area contributed by atoms with Gasteiger partial charge in [0.1, 0.15) is 0 Å². The summed E-state index contributed by atoms with van der Waals surface area (Å²) in [5.74, 6) is 0.177. The Kier molecular flexibility index (Phi) is 4.83. The molecule has 1 fully saturated rings. The highest BCUT2D eigenvalue weighted by Gasteiger charge is 2.28. The molecule has 0 unspecified atom stereocenters. The van der Waals surface area contributed by atoms with E-state index in [0.29, 0.717) is 36.1 Å². The van der Waals surface area contributed by atoms with E-state index in [-0.39, 0.29) is 11.4 Å². The third-order valence-electron chi connectivity index (χ3n) is 4.91. The van der Waals surface area contributed by atoms with Gasteiger partial charge in [0, 0.05) is 42.0 Å². The van der Waals surface area contributed by atoms with Crippen molar-refractivity contribution in [2.24, 2.45) is 0 Å². The van der Waals surface area contributed by atoms with Crippen molar-refractivity contribution in [2.45, 2.75) is 19.9 Å². The molecule has 8 nitrogen and oxygen atoms in total. The number of hydrogen-bond donors (Lipinski definition) is 1. The second-order valence-electron chi connectivity index (χ2n) is 7.03. The van der Waals surface area contributed by atoms with Gasteiger partial charge in [0.15, 0.2) is 0 Å². The van der Waals surface area contributed by atoms with Crippen LogP contribution >= 0.6 is 0 Å². The first-order valence-electron chi connectivity index (χ1n) is 9.22. The molecule has 1 aliphatic heterocycles. The van der Waals surface area contributed by atoms with Gasteiger partial charge < -0.3 is 5.32 Å². The Labute approximate surface area is 168 Å². The third kappa shape index (κ3) is 3.86. The van der Waals surface area contributed by atoms with Gasteiger partial charge >= 0.3 is 0 Å². The van der Waals surface area contributed by atoms with E-state index >= 15 is 0 Å². The Morgan fingerprint density at radius 2 is 2.03 bits per heavy atom. The quantitative estimate of drug-likeness (QED) is 0.507. The molecule has 0 radical (unpaired) electrons. The second-order valence-corrected chi connectivity index (χ2v) is 9.05. The van der Waals surface area contributed by atoms with Gasteiger partial charge in [-0.1, -0.05) is 12.1 Å². The molecule has 29 heavy (non-hydrogen) atoms. The maximum absolute atomic E-state index is 12.2. The molecule has 150 valence electrons. The van der Waals surface area contributed by atoms with E-state index in [4.69, 9.17) is 0 Å². The van der Waals surface area contributed by atoms with Crippen molar-refractivity contribution in [1.82, 2.24) is 4.98 Å². The van der Waals surface area contributed by atoms with Crippen LogP contribution in [-0.4, -0.2) is 30.6 Å². The van der Waals surface area contributed by atoms with E-state index in [0.717, 1.165) is 16.9 Å². The summed E-state index contributed by atoms with van der Waals surface area (Å²) in [6.07, 6.45) is 0.631. The zero-order chi connectivity index (χ0) is 20.6. The van der Waals surface area contributed by atoms with E-state index in [2.05, 4.69) is 10.3 Å². The number of nitro benzene ring substituents is 1. The number of hydrogen-bond acceptors (Lipinski definition) is 6. The lowest BCUT2D eigenvalue weighted by molar-refractivity contribution is -0.384. The van der Waals surface area contributed by atoms with Crippen molar-refractivity contribution >= 4 is 38.0 Å². The fourth-order valence-corrected chi connectivity index (χ4v) is 5.11. The molecule has 1 aromatic heterocycles. The maximum Gasteiger partial charge on any atom is 0.270 e. The van der Waals surface area contributed by atoms with Crippen molar-refractivity contribution in [3.63, 3.8) is 0 Å². The number of anilines is 2. The molecule has 1 aliphatic rings. The van der Waals surface area contributed by atoms with E-state index in [1.54, 1.807) is 12.1 Å². The van der Waals surface area contributed by atoms with Crippen molar-refractivity contribution in [3.05, 3.63) is 69.9 Å². The first-order chi connectivity index (χ1) is 13.8. The molecule has 0 aliphatic carbocycles. The summed E-state index contributed by atoms with van der Waals surface area (Å²) < 4.78 is 25.8. The molecule has 3 aromatic rings. The highest BCUT2D eigenvalue weighted by molar-refractivity contribution is 7.93. The molecule has 4 rings (SSSR count). The van der Waals surface area contributed by atoms with Gasteiger partial charge in [0.05, 0.1) is 21.9 Å². The Bertz CT molecular complexity index is 1210. The normalized spacial score (nSPS) is 15.6. The number of nitrogens with zero attached hydrogens (tertiary/aromatic N) is 3. The van der Waals surface area contributed by atoms with Gasteiger partial charge in [-0.05, 0) is 43.2 Å². The number of sulfonamides is 1. The topological polar surface area (TPSA) is 105 Å². The number of benzene rings is 2. The largest absolute Gasteiger partial charge is 0.380 e. The van der Waals surface area contributed by atoms with Crippen LogP contribution in [0, 0.1) is 17.0 Å². The Morgan fingerprint density at radius 1 is 1.21 bits per heavy atom. The predicted octanol–water partition coefficient (Wildman–Crippen LogP) is 3.60. The van der Waals surface area contributed by atoms with E-state index in [9.17, 15) is 18.5 Å². The van der Waals surface area contributed by atoms with Gasteiger partial charge in [-0.3, -0.25) is 19.4 Å². The lowest BCUT2D eigenvalue weighted by atomic mass is 10.1. The van der Waals surface area contributed by atoms with Crippen LogP contribution < -0.4 is 9.62 Å². The summed E-state index contributed by atoms with van der Waals surface area (Å²) in [5.41, 5.74) is 3.80. The minimum absolute atomic E-state index is 0.00689. The first kappa shape index (κ1) is 19.1. The first-order valence-corrected chi connectivity index (χ1v) is 10.8. The van der Waals surface area contributed by atoms with Crippen LogP contribution in [0.25, 0.3) is 10.9 Å². The number of nitro groups is 1. The Hall–Kier alpha value is -3.20. The average Bonchev–Trinajstić information content (AvgIpc) is 3.05. The smallest absolute Gasteiger partial charge is 0.270 e. The van der Waals surface area contributed by atoms with Crippen LogP contribution in [0.2, 0.25) is 0 Å². The number of non-ortho nitro benzene ring substituents is 1. The Morgan fingerprint density at radius 3 is 2.76 bits per heavy atom. The van der Waals surface area contributed by atoms with Gasteiger partial charge in [-0.15, -0.1) is 0 Å². The van der Waals surface area contributed by atoms with Crippen molar-refractivity contribution in [3.8, 4) is 0 Å². The molecule has 9 heteroatoms. The third-order valence-corrected chi connectivity index (χ3v) is 6.78. The molecule has 0 saturated carbocycles. The van der Waals surface area contributed by atoms with Crippen LogP contribution in [0.3, 0.4) is 0 Å². The van der Waals surface area contributed by atoms with Gasteiger partial charge in [0.2, 0.25) is 10.0 Å². The van der Waals surface area contributed by atoms with E-state index in [1.165, 1.54) is 16.4 Å². The summed E-state index contributed by atoms with van der Waals surface area (Å²) in [4.78, 5) is 15.1. The molecule has 0 spiro atoms. The van der Waals surface area contributed by atoms with Crippen LogP contribution in [0.4, 0.5) is 17.1 Å². The molecule has 2 aromatic carbocycles. The molecule has 1 N–H and O–H groups in total. The van der Waals surface area contributed by atoms with Gasteiger partial charge in [-0.2, -0.15) is 0 Å². The fraction of sp³-hybridized carbons (Fsp3) is 0.250. The summed E-state index contributed by atoms with van der Waals surface area (Å²) in [5, 5.41) is 15.1. The number of aromatic nitrogens is 1. The van der Waals surface area contributed by atoms with Crippen molar-refractivity contribution in [1.29, 1.82) is 0 Å². The zero-order valence-electron chi connectivity index (χ0n) is 15.8. The average molecular weight is 412 g/mol. The number of fused-ring (bicyclic) bond motifs is 1. The molecule has 2 heterocycles. The number of nitrogens with one attached hydrogen (secondary N) is 1. The highest BCUT2D eigenvalue weighted by Crippen LogP contribution is 2.29. The minimum atomic E-state index is -3.23. The maximum atomic E-state index is 12.2. The number of pyridine rings is 1. The summed E-state index contributed by atoms with van der Waals surface area (Å²) in [6, 6.07) is 13.8. The van der Waals surface area contributed by atoms with Crippen molar-refractivity contribution < 1.29 is 13.3 Å². The van der Waals surface area contributed by atoms with Crippen LogP contribution in [0.15, 0.2) is 48.5 Å². The molecule has 0 atom stereocenters. The van der Waals surface area contributed by atoms with E-state index in [1.807, 2.05) is 31.2 Å². The minimum Gasteiger partial charge on any atom is -0.380 e. The fourth-order valence-electron chi connectivity index (χ4n) is 3.55. The van der Waals surface area contributed by atoms with Gasteiger partial charge in [-0.25, -0.2) is 8.42 Å². The van der Waals surface area contributed by atoms with Gasteiger partial charge in [0.25, 0.3) is 5.69 Å². The zero-order valence-corrected chi connectivity index (χ0v) is 16.6. The standard InChI is InChI=1S/C20H20N4O4S/c1-14-10-20(18-12-17(24(25)26)6-7-19(18)22-14)21-13-15-4-2-5-16(11-15)23-8-3-9-29(23,27)28/h2,4-7,10-12H,3,8-9,13H2,1H3,(H,21,22). The predicted molar refractivity (Wildman–Crippen MR) is 113 cm³/mol.